The van der Waals surface area contributed by atoms with Crippen molar-refractivity contribution < 1.29 is 19.0 Å². The van der Waals surface area contributed by atoms with Gasteiger partial charge < -0.3 is 14.2 Å². The number of carbonyl (C=O) groups is 1. The molecule has 0 N–H and O–H groups in total. The molecule has 1 aromatic heterocycles. The van der Waals surface area contributed by atoms with Gasteiger partial charge in [0.25, 0.3) is 0 Å². The number of hydrogen-bond donors (Lipinski definition) is 0. The minimum Gasteiger partial charge on any atom is -0.496 e. The van der Waals surface area contributed by atoms with Gasteiger partial charge in [0.1, 0.15) is 11.9 Å². The van der Waals surface area contributed by atoms with Crippen molar-refractivity contribution in [2.24, 2.45) is 0 Å². The smallest absolute Gasteiger partial charge is 0.216 e. The predicted molar refractivity (Wildman–Crippen MR) is 80.5 cm³/mol. The van der Waals surface area contributed by atoms with Crippen LogP contribution in [0, 0.1) is 6.92 Å². The Morgan fingerprint density at radius 2 is 2.05 bits per heavy atom. The SMILES string of the molecule is COc1cc(OC)c(C2OC2C(=O)c2cccc(C)c2)cn1. The summed E-state index contributed by atoms with van der Waals surface area (Å²) in [6.07, 6.45) is 0.832. The first kappa shape index (κ1) is 14.5. The van der Waals surface area contributed by atoms with E-state index in [1.54, 1.807) is 32.5 Å². The molecule has 0 spiro atoms. The summed E-state index contributed by atoms with van der Waals surface area (Å²) in [5.74, 6) is 1.05. The number of aromatic nitrogens is 1. The van der Waals surface area contributed by atoms with Gasteiger partial charge in [-0.05, 0) is 13.0 Å². The number of ketones is 1. The summed E-state index contributed by atoms with van der Waals surface area (Å²) < 4.78 is 16.0. The summed E-state index contributed by atoms with van der Waals surface area (Å²) in [5, 5.41) is 0. The lowest BCUT2D eigenvalue weighted by Crippen LogP contribution is -2.09. The fourth-order valence-electron chi connectivity index (χ4n) is 2.44. The summed E-state index contributed by atoms with van der Waals surface area (Å²) in [6.45, 7) is 1.96. The topological polar surface area (TPSA) is 61.0 Å². The van der Waals surface area contributed by atoms with Crippen molar-refractivity contribution in [2.75, 3.05) is 14.2 Å². The molecule has 0 radical (unpaired) electrons. The van der Waals surface area contributed by atoms with Gasteiger partial charge in [-0.2, -0.15) is 0 Å². The molecule has 5 nitrogen and oxygen atoms in total. The van der Waals surface area contributed by atoms with Gasteiger partial charge in [-0.15, -0.1) is 0 Å². The molecule has 1 fully saturated rings. The first-order valence-electron chi connectivity index (χ1n) is 6.98. The van der Waals surface area contributed by atoms with E-state index in [4.69, 9.17) is 14.2 Å². The van der Waals surface area contributed by atoms with Crippen LogP contribution in [0.4, 0.5) is 0 Å². The number of nitrogens with zero attached hydrogens (tertiary/aromatic N) is 1. The zero-order valence-corrected chi connectivity index (χ0v) is 12.7. The van der Waals surface area contributed by atoms with E-state index < -0.39 is 6.10 Å². The van der Waals surface area contributed by atoms with Crippen LogP contribution in [0.15, 0.2) is 36.5 Å². The molecular weight excluding hydrogens is 282 g/mol. The van der Waals surface area contributed by atoms with Gasteiger partial charge in [-0.3, -0.25) is 4.79 Å². The zero-order valence-electron chi connectivity index (χ0n) is 12.7. The number of carbonyl (C=O) groups excluding carboxylic acids is 1. The van der Waals surface area contributed by atoms with Crippen molar-refractivity contribution >= 4 is 5.78 Å². The standard InChI is InChI=1S/C17H17NO4/c1-10-5-4-6-11(7-10)15(19)17-16(22-17)12-9-18-14(21-3)8-13(12)20-2/h4-9,16-17H,1-3H3. The lowest BCUT2D eigenvalue weighted by Gasteiger charge is -2.07. The Bertz CT molecular complexity index is 714. The molecule has 2 aromatic rings. The predicted octanol–water partition coefficient (Wildman–Crippen LogP) is 2.73. The number of rotatable bonds is 5. The number of aryl methyl sites for hydroxylation is 1. The highest BCUT2D eigenvalue weighted by molar-refractivity contribution is 6.01. The highest BCUT2D eigenvalue weighted by Crippen LogP contribution is 2.44. The van der Waals surface area contributed by atoms with Crippen LogP contribution in [0.5, 0.6) is 11.6 Å². The van der Waals surface area contributed by atoms with E-state index in [0.29, 0.717) is 17.2 Å². The summed E-state index contributed by atoms with van der Waals surface area (Å²) in [6, 6.07) is 9.18. The quantitative estimate of drug-likeness (QED) is 0.627. The first-order chi connectivity index (χ1) is 10.6. The van der Waals surface area contributed by atoms with E-state index in [2.05, 4.69) is 4.98 Å². The van der Waals surface area contributed by atoms with Crippen molar-refractivity contribution in [3.05, 3.63) is 53.2 Å². The third-order valence-corrected chi connectivity index (χ3v) is 3.66. The molecule has 1 aromatic carbocycles. The van der Waals surface area contributed by atoms with E-state index in [9.17, 15) is 4.79 Å². The summed E-state index contributed by atoms with van der Waals surface area (Å²) in [4.78, 5) is 16.6. The van der Waals surface area contributed by atoms with Gasteiger partial charge in [0.15, 0.2) is 11.9 Å². The summed E-state index contributed by atoms with van der Waals surface area (Å²) >= 11 is 0. The largest absolute Gasteiger partial charge is 0.496 e. The fourth-order valence-corrected chi connectivity index (χ4v) is 2.44. The maximum atomic E-state index is 12.5. The number of Topliss-reactive ketones (excluding diaryl/α,β-unsaturated/α-hetero) is 1. The number of methoxy groups -OCH3 is 2. The molecule has 0 aliphatic carbocycles. The van der Waals surface area contributed by atoms with Crippen LogP contribution in [0.25, 0.3) is 0 Å². The van der Waals surface area contributed by atoms with Crippen LogP contribution >= 0.6 is 0 Å². The third-order valence-electron chi connectivity index (χ3n) is 3.66. The average Bonchev–Trinajstić information content (AvgIpc) is 3.33. The molecule has 2 heterocycles. The normalized spacial score (nSPS) is 19.6. The first-order valence-corrected chi connectivity index (χ1v) is 6.98. The van der Waals surface area contributed by atoms with Gasteiger partial charge in [0, 0.05) is 23.4 Å². The van der Waals surface area contributed by atoms with Crippen molar-refractivity contribution in [3.8, 4) is 11.6 Å². The van der Waals surface area contributed by atoms with Gasteiger partial charge >= 0.3 is 0 Å². The fraction of sp³-hybridized carbons (Fsp3) is 0.294. The summed E-state index contributed by atoms with van der Waals surface area (Å²) in [7, 11) is 3.11. The Balaban J connectivity index is 1.81. The Morgan fingerprint density at radius 1 is 1.23 bits per heavy atom. The van der Waals surface area contributed by atoms with E-state index in [1.165, 1.54) is 0 Å². The number of pyridine rings is 1. The van der Waals surface area contributed by atoms with Gasteiger partial charge in [0.05, 0.1) is 14.2 Å². The molecular formula is C17H17NO4. The molecule has 1 aliphatic rings. The highest BCUT2D eigenvalue weighted by atomic mass is 16.6. The number of hydrogen-bond acceptors (Lipinski definition) is 5. The minimum absolute atomic E-state index is 0.0217. The molecule has 5 heteroatoms. The van der Waals surface area contributed by atoms with Crippen molar-refractivity contribution in [3.63, 3.8) is 0 Å². The van der Waals surface area contributed by atoms with E-state index in [1.807, 2.05) is 25.1 Å². The molecule has 114 valence electrons. The van der Waals surface area contributed by atoms with E-state index in [-0.39, 0.29) is 11.9 Å². The number of ether oxygens (including phenoxy) is 3. The highest BCUT2D eigenvalue weighted by Gasteiger charge is 2.47. The maximum absolute atomic E-state index is 12.5. The van der Waals surface area contributed by atoms with Crippen molar-refractivity contribution in [2.45, 2.75) is 19.1 Å². The Morgan fingerprint density at radius 3 is 2.73 bits per heavy atom. The van der Waals surface area contributed by atoms with Crippen molar-refractivity contribution in [1.82, 2.24) is 4.98 Å². The molecule has 0 amide bonds. The Kier molecular flexibility index (Phi) is 3.81. The molecule has 2 unspecified atom stereocenters. The van der Waals surface area contributed by atoms with Crippen LogP contribution in [0.3, 0.4) is 0 Å². The van der Waals surface area contributed by atoms with Crippen LogP contribution in [-0.2, 0) is 4.74 Å². The minimum atomic E-state index is -0.481. The molecule has 22 heavy (non-hydrogen) atoms. The lowest BCUT2D eigenvalue weighted by molar-refractivity contribution is 0.0953. The van der Waals surface area contributed by atoms with Gasteiger partial charge in [0.2, 0.25) is 5.88 Å². The zero-order chi connectivity index (χ0) is 15.7. The van der Waals surface area contributed by atoms with Crippen LogP contribution in [0.2, 0.25) is 0 Å². The second kappa shape index (κ2) is 5.77. The molecule has 3 rings (SSSR count). The monoisotopic (exact) mass is 299 g/mol. The molecule has 2 atom stereocenters. The van der Waals surface area contributed by atoms with E-state index >= 15 is 0 Å². The average molecular weight is 299 g/mol. The molecule has 1 saturated heterocycles. The van der Waals surface area contributed by atoms with Crippen LogP contribution in [0.1, 0.15) is 27.6 Å². The number of epoxide rings is 1. The second-order valence-electron chi connectivity index (χ2n) is 5.18. The molecule has 1 aliphatic heterocycles. The maximum Gasteiger partial charge on any atom is 0.216 e. The van der Waals surface area contributed by atoms with Crippen molar-refractivity contribution in [1.29, 1.82) is 0 Å². The summed E-state index contributed by atoms with van der Waals surface area (Å²) in [5.41, 5.74) is 2.47. The molecule has 0 bridgehead atoms. The Labute approximate surface area is 128 Å². The Hall–Kier alpha value is -2.40. The van der Waals surface area contributed by atoms with E-state index in [0.717, 1.165) is 11.1 Å². The van der Waals surface area contributed by atoms with Crippen LogP contribution < -0.4 is 9.47 Å². The van der Waals surface area contributed by atoms with Gasteiger partial charge in [-0.25, -0.2) is 4.98 Å². The lowest BCUT2D eigenvalue weighted by atomic mass is 10.0. The molecule has 0 saturated carbocycles. The van der Waals surface area contributed by atoms with Crippen LogP contribution in [-0.4, -0.2) is 31.1 Å². The second-order valence-corrected chi connectivity index (χ2v) is 5.18. The number of benzene rings is 1. The third kappa shape index (κ3) is 2.67. The van der Waals surface area contributed by atoms with Gasteiger partial charge in [-0.1, -0.05) is 23.8 Å².